The molecule has 0 saturated heterocycles. The summed E-state index contributed by atoms with van der Waals surface area (Å²) in [5.74, 6) is 0. The lowest BCUT2D eigenvalue weighted by molar-refractivity contribution is -0.137. The van der Waals surface area contributed by atoms with E-state index in [9.17, 15) is 13.2 Å². The predicted molar refractivity (Wildman–Crippen MR) is 78.3 cm³/mol. The number of aromatic nitrogens is 2. The largest absolute Gasteiger partial charge is 0.416 e. The van der Waals surface area contributed by atoms with Crippen LogP contribution < -0.4 is 0 Å². The molecule has 6 heteroatoms. The molecule has 2 nitrogen and oxygen atoms in total. The second-order valence-corrected chi connectivity index (χ2v) is 5.56. The molecule has 0 aliphatic rings. The van der Waals surface area contributed by atoms with E-state index in [1.807, 2.05) is 24.3 Å². The molecule has 3 aromatic rings. The number of rotatable bonds is 1. The Morgan fingerprint density at radius 2 is 1.75 bits per heavy atom. The van der Waals surface area contributed by atoms with Gasteiger partial charge in [-0.1, -0.05) is 12.1 Å². The number of pyridine rings is 1. The number of halogens is 4. The highest BCUT2D eigenvalue weighted by molar-refractivity contribution is 14.1. The third kappa shape index (κ3) is 2.52. The van der Waals surface area contributed by atoms with Gasteiger partial charge in [-0.25, -0.2) is 4.98 Å². The van der Waals surface area contributed by atoms with Gasteiger partial charge in [0.25, 0.3) is 0 Å². The molecule has 0 bridgehead atoms. The Kier molecular flexibility index (Phi) is 3.19. The SMILES string of the molecule is FC(F)(F)c1ccn2cc(-c3ccc(I)cc3)nc2c1. The van der Waals surface area contributed by atoms with Crippen LogP contribution in [0.4, 0.5) is 13.2 Å². The third-order valence-corrected chi connectivity index (χ3v) is 3.65. The Hall–Kier alpha value is -1.57. The Morgan fingerprint density at radius 1 is 1.05 bits per heavy atom. The van der Waals surface area contributed by atoms with Gasteiger partial charge >= 0.3 is 6.18 Å². The van der Waals surface area contributed by atoms with Crippen molar-refractivity contribution in [3.63, 3.8) is 0 Å². The van der Waals surface area contributed by atoms with E-state index in [2.05, 4.69) is 27.6 Å². The molecule has 0 unspecified atom stereocenters. The average molecular weight is 388 g/mol. The lowest BCUT2D eigenvalue weighted by atomic mass is 10.2. The van der Waals surface area contributed by atoms with E-state index in [0.717, 1.165) is 21.3 Å². The van der Waals surface area contributed by atoms with Crippen LogP contribution in [-0.2, 0) is 6.18 Å². The lowest BCUT2D eigenvalue weighted by Gasteiger charge is -2.05. The molecule has 3 rings (SSSR count). The molecule has 0 N–H and O–H groups in total. The second kappa shape index (κ2) is 4.76. The molecule has 0 aliphatic carbocycles. The van der Waals surface area contributed by atoms with Gasteiger partial charge < -0.3 is 4.40 Å². The first-order valence-corrected chi connectivity index (χ1v) is 6.83. The van der Waals surface area contributed by atoms with Crippen LogP contribution in [0.15, 0.2) is 48.8 Å². The maximum atomic E-state index is 12.7. The standard InChI is InChI=1S/C14H8F3IN2/c15-14(16,17)10-5-6-20-8-12(19-13(20)7-10)9-1-3-11(18)4-2-9/h1-8H. The number of fused-ring (bicyclic) bond motifs is 1. The number of hydrogen-bond donors (Lipinski definition) is 0. The fraction of sp³-hybridized carbons (Fsp3) is 0.0714. The number of nitrogens with zero attached hydrogens (tertiary/aromatic N) is 2. The summed E-state index contributed by atoms with van der Waals surface area (Å²) in [4.78, 5) is 4.25. The number of alkyl halides is 3. The van der Waals surface area contributed by atoms with Gasteiger partial charge in [-0.15, -0.1) is 0 Å². The predicted octanol–water partition coefficient (Wildman–Crippen LogP) is 4.62. The minimum atomic E-state index is -4.35. The maximum Gasteiger partial charge on any atom is 0.416 e. The van der Waals surface area contributed by atoms with Gasteiger partial charge in [-0.3, -0.25) is 0 Å². The number of hydrogen-bond acceptors (Lipinski definition) is 1. The van der Waals surface area contributed by atoms with Crippen LogP contribution in [0.1, 0.15) is 5.56 Å². The Morgan fingerprint density at radius 3 is 2.40 bits per heavy atom. The van der Waals surface area contributed by atoms with Crippen molar-refractivity contribution in [3.05, 3.63) is 57.9 Å². The highest BCUT2D eigenvalue weighted by Crippen LogP contribution is 2.30. The summed E-state index contributed by atoms with van der Waals surface area (Å²) >= 11 is 2.19. The van der Waals surface area contributed by atoms with E-state index in [4.69, 9.17) is 0 Å². The molecule has 0 fully saturated rings. The van der Waals surface area contributed by atoms with Crippen molar-refractivity contribution in [2.75, 3.05) is 0 Å². The summed E-state index contributed by atoms with van der Waals surface area (Å²) in [6.07, 6.45) is -1.25. The van der Waals surface area contributed by atoms with E-state index >= 15 is 0 Å². The molecular formula is C14H8F3IN2. The van der Waals surface area contributed by atoms with Gasteiger partial charge in [0, 0.05) is 21.5 Å². The Labute approximate surface area is 126 Å². The number of benzene rings is 1. The van der Waals surface area contributed by atoms with Crippen LogP contribution in [0, 0.1) is 3.57 Å². The second-order valence-electron chi connectivity index (χ2n) is 4.31. The quantitative estimate of drug-likeness (QED) is 0.556. The topological polar surface area (TPSA) is 17.3 Å². The normalized spacial score (nSPS) is 12.0. The molecule has 0 atom stereocenters. The average Bonchev–Trinajstić information content (AvgIpc) is 2.81. The Balaban J connectivity index is 2.09. The highest BCUT2D eigenvalue weighted by Gasteiger charge is 2.30. The summed E-state index contributed by atoms with van der Waals surface area (Å²) in [5.41, 5.74) is 1.13. The number of imidazole rings is 1. The van der Waals surface area contributed by atoms with Crippen molar-refractivity contribution in [1.82, 2.24) is 9.38 Å². The zero-order valence-electron chi connectivity index (χ0n) is 10.0. The highest BCUT2D eigenvalue weighted by atomic mass is 127. The lowest BCUT2D eigenvalue weighted by Crippen LogP contribution is -2.05. The minimum absolute atomic E-state index is 0.286. The first-order valence-electron chi connectivity index (χ1n) is 5.75. The summed E-state index contributed by atoms with van der Waals surface area (Å²) < 4.78 is 40.6. The molecule has 1 aromatic carbocycles. The van der Waals surface area contributed by atoms with Crippen molar-refractivity contribution in [2.45, 2.75) is 6.18 Å². The molecule has 20 heavy (non-hydrogen) atoms. The fourth-order valence-electron chi connectivity index (χ4n) is 1.92. The fourth-order valence-corrected chi connectivity index (χ4v) is 2.28. The first-order chi connectivity index (χ1) is 9.43. The van der Waals surface area contributed by atoms with Crippen molar-refractivity contribution in [1.29, 1.82) is 0 Å². The molecule has 0 amide bonds. The van der Waals surface area contributed by atoms with Gasteiger partial charge in [-0.2, -0.15) is 13.2 Å². The van der Waals surface area contributed by atoms with Gasteiger partial charge in [0.05, 0.1) is 11.3 Å². The van der Waals surface area contributed by atoms with Crippen LogP contribution in [0.5, 0.6) is 0 Å². The maximum absolute atomic E-state index is 12.7. The molecule has 102 valence electrons. The van der Waals surface area contributed by atoms with E-state index in [0.29, 0.717) is 5.69 Å². The first kappa shape index (κ1) is 13.4. The van der Waals surface area contributed by atoms with Crippen LogP contribution in [-0.4, -0.2) is 9.38 Å². The molecule has 0 saturated carbocycles. The summed E-state index contributed by atoms with van der Waals surface area (Å²) in [6.45, 7) is 0. The van der Waals surface area contributed by atoms with E-state index in [1.165, 1.54) is 6.20 Å². The van der Waals surface area contributed by atoms with Crippen LogP contribution in [0.3, 0.4) is 0 Å². The van der Waals surface area contributed by atoms with Crippen LogP contribution >= 0.6 is 22.6 Å². The van der Waals surface area contributed by atoms with Crippen molar-refractivity contribution in [3.8, 4) is 11.3 Å². The molecule has 2 heterocycles. The van der Waals surface area contributed by atoms with E-state index in [1.54, 1.807) is 10.6 Å². The van der Waals surface area contributed by atoms with Gasteiger partial charge in [0.2, 0.25) is 0 Å². The molecule has 2 aromatic heterocycles. The molecule has 0 aliphatic heterocycles. The van der Waals surface area contributed by atoms with E-state index < -0.39 is 11.7 Å². The zero-order chi connectivity index (χ0) is 14.3. The molecule has 0 spiro atoms. The van der Waals surface area contributed by atoms with Gasteiger partial charge in [0.15, 0.2) is 0 Å². The smallest absolute Gasteiger partial charge is 0.306 e. The minimum Gasteiger partial charge on any atom is -0.306 e. The van der Waals surface area contributed by atoms with Crippen molar-refractivity contribution >= 4 is 28.2 Å². The van der Waals surface area contributed by atoms with Crippen molar-refractivity contribution < 1.29 is 13.2 Å². The summed E-state index contributed by atoms with van der Waals surface area (Å²) in [5, 5.41) is 0. The zero-order valence-corrected chi connectivity index (χ0v) is 12.2. The Bertz CT molecular complexity index is 760. The molecular weight excluding hydrogens is 380 g/mol. The molecule has 0 radical (unpaired) electrons. The van der Waals surface area contributed by atoms with Crippen LogP contribution in [0.25, 0.3) is 16.9 Å². The summed E-state index contributed by atoms with van der Waals surface area (Å²) in [6, 6.07) is 9.76. The van der Waals surface area contributed by atoms with Gasteiger partial charge in [0.1, 0.15) is 5.65 Å². The van der Waals surface area contributed by atoms with Gasteiger partial charge in [-0.05, 0) is 46.9 Å². The monoisotopic (exact) mass is 388 g/mol. The summed E-state index contributed by atoms with van der Waals surface area (Å²) in [7, 11) is 0. The van der Waals surface area contributed by atoms with E-state index in [-0.39, 0.29) is 5.65 Å². The third-order valence-electron chi connectivity index (χ3n) is 2.93. The van der Waals surface area contributed by atoms with Crippen LogP contribution in [0.2, 0.25) is 0 Å². The van der Waals surface area contributed by atoms with Crippen molar-refractivity contribution in [2.24, 2.45) is 0 Å².